The molecule has 1 nitrogen and oxygen atoms in total. The van der Waals surface area contributed by atoms with Gasteiger partial charge in [0, 0.05) is 6.04 Å². The molecular weight excluding hydrogens is 365 g/mol. The van der Waals surface area contributed by atoms with E-state index in [9.17, 15) is 0 Å². The van der Waals surface area contributed by atoms with Gasteiger partial charge in [-0.3, -0.25) is 0 Å². The molecule has 0 fully saturated rings. The summed E-state index contributed by atoms with van der Waals surface area (Å²) in [5, 5.41) is 5.73. The molecule has 3 rings (SSSR count). The van der Waals surface area contributed by atoms with Crippen LogP contribution in [-0.4, -0.2) is 7.05 Å². The molecular formula is C16H18INS. The van der Waals surface area contributed by atoms with Gasteiger partial charge in [0.2, 0.25) is 0 Å². The fourth-order valence-electron chi connectivity index (χ4n) is 2.88. The maximum atomic E-state index is 3.45. The number of benzene rings is 1. The van der Waals surface area contributed by atoms with Gasteiger partial charge in [0.1, 0.15) is 0 Å². The maximum absolute atomic E-state index is 3.45. The van der Waals surface area contributed by atoms with Crippen LogP contribution in [0.2, 0.25) is 0 Å². The molecule has 1 aromatic carbocycles. The highest BCUT2D eigenvalue weighted by Crippen LogP contribution is 2.27. The molecule has 1 N–H and O–H groups in total. The Hall–Kier alpha value is -0.390. The number of nitrogens with one attached hydrogen (secondary N) is 1. The Morgan fingerprint density at radius 2 is 2.11 bits per heavy atom. The Kier molecular flexibility index (Phi) is 4.24. The van der Waals surface area contributed by atoms with Gasteiger partial charge in [-0.25, -0.2) is 0 Å². The zero-order valence-corrected chi connectivity index (χ0v) is 14.1. The molecule has 0 saturated heterocycles. The van der Waals surface area contributed by atoms with Crippen LogP contribution >= 0.6 is 33.9 Å². The number of hydrogen-bond donors (Lipinski definition) is 1. The quantitative estimate of drug-likeness (QED) is 0.775. The van der Waals surface area contributed by atoms with Crippen molar-refractivity contribution in [1.29, 1.82) is 0 Å². The summed E-state index contributed by atoms with van der Waals surface area (Å²) in [6.45, 7) is 0. The van der Waals surface area contributed by atoms with E-state index in [1.54, 1.807) is 11.1 Å². The van der Waals surface area contributed by atoms with E-state index < -0.39 is 0 Å². The molecule has 0 saturated carbocycles. The lowest BCUT2D eigenvalue weighted by molar-refractivity contribution is 0.593. The lowest BCUT2D eigenvalue weighted by atomic mass is 9.98. The molecule has 100 valence electrons. The number of rotatable bonds is 4. The summed E-state index contributed by atoms with van der Waals surface area (Å²) in [6, 6.07) is 9.79. The van der Waals surface area contributed by atoms with Crippen molar-refractivity contribution in [2.75, 3.05) is 7.05 Å². The van der Waals surface area contributed by atoms with E-state index in [1.165, 1.54) is 33.3 Å². The second kappa shape index (κ2) is 5.94. The number of aryl methyl sites for hydroxylation is 2. The fraction of sp³-hybridized carbons (Fsp3) is 0.375. The zero-order chi connectivity index (χ0) is 13.2. The van der Waals surface area contributed by atoms with Crippen molar-refractivity contribution in [1.82, 2.24) is 5.32 Å². The van der Waals surface area contributed by atoms with Gasteiger partial charge >= 0.3 is 0 Å². The van der Waals surface area contributed by atoms with Crippen LogP contribution in [0.3, 0.4) is 0 Å². The summed E-state index contributed by atoms with van der Waals surface area (Å²) in [5.74, 6) is 0. The molecule has 0 radical (unpaired) electrons. The standard InChI is InChI=1S/C16H18INS/c1-18-15(14-9-16(17)19-10-14)8-11-5-6-12-3-2-4-13(12)7-11/h5-7,9-10,15,18H,2-4,8H2,1H3. The number of thiophene rings is 1. The van der Waals surface area contributed by atoms with E-state index >= 15 is 0 Å². The van der Waals surface area contributed by atoms with Crippen LogP contribution in [0, 0.1) is 2.88 Å². The molecule has 0 bridgehead atoms. The van der Waals surface area contributed by atoms with Crippen molar-refractivity contribution in [3.05, 3.63) is 54.8 Å². The summed E-state index contributed by atoms with van der Waals surface area (Å²) >= 11 is 4.22. The average Bonchev–Trinajstić information content (AvgIpc) is 3.04. The van der Waals surface area contributed by atoms with Gasteiger partial charge in [0.25, 0.3) is 0 Å². The topological polar surface area (TPSA) is 12.0 Å². The molecule has 19 heavy (non-hydrogen) atoms. The second-order valence-electron chi connectivity index (χ2n) is 5.19. The Balaban J connectivity index is 1.79. The van der Waals surface area contributed by atoms with E-state index in [-0.39, 0.29) is 0 Å². The first-order valence-electron chi connectivity index (χ1n) is 6.78. The van der Waals surface area contributed by atoms with Gasteiger partial charge in [-0.15, -0.1) is 11.3 Å². The van der Waals surface area contributed by atoms with E-state index in [0.717, 1.165) is 6.42 Å². The van der Waals surface area contributed by atoms with Gasteiger partial charge in [0.05, 0.1) is 2.88 Å². The third kappa shape index (κ3) is 3.03. The largest absolute Gasteiger partial charge is 0.313 e. The highest BCUT2D eigenvalue weighted by molar-refractivity contribution is 14.1. The van der Waals surface area contributed by atoms with Gasteiger partial charge in [-0.05, 0) is 89.0 Å². The molecule has 2 aromatic rings. The SMILES string of the molecule is CNC(Cc1ccc2c(c1)CCC2)c1csc(I)c1. The summed E-state index contributed by atoms with van der Waals surface area (Å²) in [7, 11) is 2.06. The van der Waals surface area contributed by atoms with E-state index in [2.05, 4.69) is 64.6 Å². The first-order valence-corrected chi connectivity index (χ1v) is 8.74. The van der Waals surface area contributed by atoms with Gasteiger partial charge in [0.15, 0.2) is 0 Å². The van der Waals surface area contributed by atoms with Crippen molar-refractivity contribution in [3.63, 3.8) is 0 Å². The van der Waals surface area contributed by atoms with Crippen LogP contribution < -0.4 is 5.32 Å². The van der Waals surface area contributed by atoms with Crippen molar-refractivity contribution in [2.24, 2.45) is 0 Å². The number of likely N-dealkylation sites (N-methyl/N-ethyl adjacent to an activating group) is 1. The molecule has 0 spiro atoms. The summed E-state index contributed by atoms with van der Waals surface area (Å²) in [5.41, 5.74) is 6.01. The summed E-state index contributed by atoms with van der Waals surface area (Å²) in [4.78, 5) is 0. The number of hydrogen-bond acceptors (Lipinski definition) is 2. The third-order valence-electron chi connectivity index (χ3n) is 3.94. The smallest absolute Gasteiger partial charge is 0.0656 e. The Morgan fingerprint density at radius 1 is 1.26 bits per heavy atom. The van der Waals surface area contributed by atoms with E-state index in [4.69, 9.17) is 0 Å². The predicted molar refractivity (Wildman–Crippen MR) is 91.0 cm³/mol. The Labute approximate surface area is 132 Å². The van der Waals surface area contributed by atoms with Gasteiger partial charge < -0.3 is 5.32 Å². The van der Waals surface area contributed by atoms with E-state index in [1.807, 2.05) is 11.3 Å². The van der Waals surface area contributed by atoms with Crippen LogP contribution in [0.25, 0.3) is 0 Å². The third-order valence-corrected chi connectivity index (χ3v) is 5.75. The molecule has 1 aliphatic carbocycles. The molecule has 1 aliphatic rings. The lowest BCUT2D eigenvalue weighted by Crippen LogP contribution is -2.18. The Bertz CT molecular complexity index is 576. The van der Waals surface area contributed by atoms with Crippen LogP contribution in [0.4, 0.5) is 0 Å². The van der Waals surface area contributed by atoms with Crippen molar-refractivity contribution in [3.8, 4) is 0 Å². The second-order valence-corrected chi connectivity index (χ2v) is 7.99. The molecule has 1 atom stereocenters. The minimum Gasteiger partial charge on any atom is -0.313 e. The molecule has 0 aliphatic heterocycles. The van der Waals surface area contributed by atoms with E-state index in [0.29, 0.717) is 6.04 Å². The van der Waals surface area contributed by atoms with Crippen molar-refractivity contribution in [2.45, 2.75) is 31.7 Å². The molecule has 3 heteroatoms. The molecule has 1 aromatic heterocycles. The lowest BCUT2D eigenvalue weighted by Gasteiger charge is -2.15. The predicted octanol–water partition coefficient (Wildman–Crippen LogP) is 4.34. The Morgan fingerprint density at radius 3 is 2.84 bits per heavy atom. The molecule has 1 unspecified atom stereocenters. The monoisotopic (exact) mass is 383 g/mol. The highest BCUT2D eigenvalue weighted by Gasteiger charge is 2.15. The van der Waals surface area contributed by atoms with Gasteiger partial charge in [-0.1, -0.05) is 18.2 Å². The first kappa shape index (κ1) is 13.6. The fourth-order valence-corrected chi connectivity index (χ4v) is 4.31. The van der Waals surface area contributed by atoms with Crippen molar-refractivity contribution >= 4 is 33.9 Å². The normalized spacial score (nSPS) is 15.5. The maximum Gasteiger partial charge on any atom is 0.0656 e. The van der Waals surface area contributed by atoms with Gasteiger partial charge in [-0.2, -0.15) is 0 Å². The van der Waals surface area contributed by atoms with Crippen LogP contribution in [0.5, 0.6) is 0 Å². The minimum atomic E-state index is 0.430. The van der Waals surface area contributed by atoms with Crippen LogP contribution in [0.1, 0.15) is 34.7 Å². The molecule has 0 amide bonds. The highest BCUT2D eigenvalue weighted by atomic mass is 127. The summed E-state index contributed by atoms with van der Waals surface area (Å²) in [6.07, 6.45) is 4.95. The van der Waals surface area contributed by atoms with Crippen LogP contribution in [-0.2, 0) is 19.3 Å². The molecule has 1 heterocycles. The minimum absolute atomic E-state index is 0.430. The number of fused-ring (bicyclic) bond motifs is 1. The zero-order valence-electron chi connectivity index (χ0n) is 11.1. The van der Waals surface area contributed by atoms with Crippen LogP contribution in [0.15, 0.2) is 29.6 Å². The number of halogens is 1. The average molecular weight is 383 g/mol. The summed E-state index contributed by atoms with van der Waals surface area (Å²) < 4.78 is 1.36. The first-order chi connectivity index (χ1) is 9.26. The van der Waals surface area contributed by atoms with Crippen molar-refractivity contribution < 1.29 is 0 Å².